The summed E-state index contributed by atoms with van der Waals surface area (Å²) in [6, 6.07) is 5.96. The summed E-state index contributed by atoms with van der Waals surface area (Å²) in [4.78, 5) is 0. The molecule has 18 heavy (non-hydrogen) atoms. The Morgan fingerprint density at radius 3 is 3.06 bits per heavy atom. The third kappa shape index (κ3) is 3.87. The Balaban J connectivity index is 1.95. The van der Waals surface area contributed by atoms with E-state index in [9.17, 15) is 0 Å². The smallest absolute Gasteiger partial charge is 0.138 e. The second-order valence-electron chi connectivity index (χ2n) is 4.50. The summed E-state index contributed by atoms with van der Waals surface area (Å²) in [7, 11) is 0. The summed E-state index contributed by atoms with van der Waals surface area (Å²) in [5, 5.41) is 3.95. The maximum Gasteiger partial charge on any atom is 0.138 e. The first-order chi connectivity index (χ1) is 8.79. The van der Waals surface area contributed by atoms with Crippen LogP contribution in [0.1, 0.15) is 25.3 Å². The van der Waals surface area contributed by atoms with Crippen LogP contribution in [0.25, 0.3) is 0 Å². The van der Waals surface area contributed by atoms with Gasteiger partial charge in [-0.25, -0.2) is 0 Å². The monoisotopic (exact) mass is 269 g/mol. The molecule has 100 valence electrons. The molecule has 0 aromatic heterocycles. The van der Waals surface area contributed by atoms with Crippen LogP contribution in [0.5, 0.6) is 5.75 Å². The zero-order valence-electron chi connectivity index (χ0n) is 10.7. The van der Waals surface area contributed by atoms with Gasteiger partial charge in [-0.3, -0.25) is 0 Å². The highest BCUT2D eigenvalue weighted by Crippen LogP contribution is 2.27. The Hall–Kier alpha value is -0.770. The minimum absolute atomic E-state index is 0.135. The fraction of sp³-hybridized carbons (Fsp3) is 0.571. The van der Waals surface area contributed by atoms with Gasteiger partial charge in [0, 0.05) is 13.2 Å². The first-order valence-corrected chi connectivity index (χ1v) is 6.91. The van der Waals surface area contributed by atoms with Crippen LogP contribution < -0.4 is 10.1 Å². The van der Waals surface area contributed by atoms with Gasteiger partial charge in [-0.1, -0.05) is 24.6 Å². The summed E-state index contributed by atoms with van der Waals surface area (Å²) in [6.07, 6.45) is 2.23. The van der Waals surface area contributed by atoms with Crippen molar-refractivity contribution >= 4 is 11.6 Å². The molecule has 1 aliphatic rings. The molecule has 1 unspecified atom stereocenters. The minimum atomic E-state index is 0.135. The highest BCUT2D eigenvalue weighted by Gasteiger charge is 2.16. The maximum absolute atomic E-state index is 6.23. The van der Waals surface area contributed by atoms with Gasteiger partial charge in [-0.15, -0.1) is 0 Å². The van der Waals surface area contributed by atoms with Crippen molar-refractivity contribution in [1.82, 2.24) is 5.32 Å². The van der Waals surface area contributed by atoms with Gasteiger partial charge < -0.3 is 14.8 Å². The molecule has 1 fully saturated rings. The maximum atomic E-state index is 6.23. The van der Waals surface area contributed by atoms with Gasteiger partial charge in [0.1, 0.15) is 11.9 Å². The van der Waals surface area contributed by atoms with Gasteiger partial charge in [0.05, 0.1) is 11.6 Å². The molecule has 1 saturated heterocycles. The number of halogens is 1. The molecule has 3 nitrogen and oxygen atoms in total. The molecule has 0 bridgehead atoms. The van der Waals surface area contributed by atoms with E-state index in [0.717, 1.165) is 38.3 Å². The van der Waals surface area contributed by atoms with Crippen molar-refractivity contribution < 1.29 is 9.47 Å². The van der Waals surface area contributed by atoms with E-state index in [0.29, 0.717) is 11.6 Å². The second-order valence-corrected chi connectivity index (χ2v) is 4.91. The van der Waals surface area contributed by atoms with E-state index < -0.39 is 0 Å². The van der Waals surface area contributed by atoms with Gasteiger partial charge in [-0.05, 0) is 37.1 Å². The molecule has 2 rings (SSSR count). The van der Waals surface area contributed by atoms with Gasteiger partial charge in [-0.2, -0.15) is 0 Å². The normalized spacial score (nSPS) is 19.8. The molecule has 0 saturated carbocycles. The highest BCUT2D eigenvalue weighted by atomic mass is 35.5. The molecule has 1 heterocycles. The lowest BCUT2D eigenvalue weighted by atomic mass is 10.1. The average molecular weight is 270 g/mol. The largest absolute Gasteiger partial charge is 0.486 e. The number of rotatable bonds is 5. The number of benzene rings is 1. The lowest BCUT2D eigenvalue weighted by Crippen LogP contribution is -2.28. The first kappa shape index (κ1) is 13.7. The van der Waals surface area contributed by atoms with Gasteiger partial charge in [0.25, 0.3) is 0 Å². The van der Waals surface area contributed by atoms with Crippen molar-refractivity contribution in [3.8, 4) is 5.75 Å². The molecule has 0 radical (unpaired) electrons. The Morgan fingerprint density at radius 2 is 2.39 bits per heavy atom. The van der Waals surface area contributed by atoms with Crippen LogP contribution in [0.2, 0.25) is 5.02 Å². The molecule has 1 N–H and O–H groups in total. The second kappa shape index (κ2) is 6.98. The van der Waals surface area contributed by atoms with Gasteiger partial charge in [0.2, 0.25) is 0 Å². The summed E-state index contributed by atoms with van der Waals surface area (Å²) in [5.41, 5.74) is 1.18. The molecule has 1 atom stereocenters. The van der Waals surface area contributed by atoms with E-state index >= 15 is 0 Å². The Morgan fingerprint density at radius 1 is 1.50 bits per heavy atom. The fourth-order valence-corrected chi connectivity index (χ4v) is 2.25. The number of nitrogens with one attached hydrogen (secondary N) is 1. The van der Waals surface area contributed by atoms with Gasteiger partial charge >= 0.3 is 0 Å². The molecule has 1 aromatic rings. The molecule has 4 heteroatoms. The molecule has 1 aliphatic heterocycles. The van der Waals surface area contributed by atoms with E-state index in [1.165, 1.54) is 5.56 Å². The van der Waals surface area contributed by atoms with Crippen LogP contribution in [0.15, 0.2) is 18.2 Å². The zero-order valence-corrected chi connectivity index (χ0v) is 11.5. The van der Waals surface area contributed by atoms with Crippen LogP contribution in [0.3, 0.4) is 0 Å². The van der Waals surface area contributed by atoms with E-state index in [1.807, 2.05) is 18.2 Å². The topological polar surface area (TPSA) is 30.5 Å². The van der Waals surface area contributed by atoms with E-state index in [-0.39, 0.29) is 6.10 Å². The van der Waals surface area contributed by atoms with Crippen LogP contribution >= 0.6 is 11.6 Å². The predicted octanol–water partition coefficient (Wildman–Crippen LogP) is 3.01. The van der Waals surface area contributed by atoms with Crippen LogP contribution in [0.4, 0.5) is 0 Å². The highest BCUT2D eigenvalue weighted by molar-refractivity contribution is 6.32. The van der Waals surface area contributed by atoms with Gasteiger partial charge in [0.15, 0.2) is 0 Å². The molecular weight excluding hydrogens is 250 g/mol. The van der Waals surface area contributed by atoms with E-state index in [4.69, 9.17) is 21.1 Å². The average Bonchev–Trinajstić information content (AvgIpc) is 2.40. The van der Waals surface area contributed by atoms with E-state index in [2.05, 4.69) is 12.2 Å². The van der Waals surface area contributed by atoms with Crippen LogP contribution in [0, 0.1) is 0 Å². The molecule has 0 aliphatic carbocycles. The van der Waals surface area contributed by atoms with Crippen molar-refractivity contribution in [2.24, 2.45) is 0 Å². The summed E-state index contributed by atoms with van der Waals surface area (Å²) in [5.74, 6) is 0.757. The third-order valence-electron chi connectivity index (χ3n) is 2.99. The van der Waals surface area contributed by atoms with Crippen molar-refractivity contribution in [1.29, 1.82) is 0 Å². The fourth-order valence-electron chi connectivity index (χ4n) is 2.00. The summed E-state index contributed by atoms with van der Waals surface area (Å²) >= 11 is 6.23. The predicted molar refractivity (Wildman–Crippen MR) is 73.3 cm³/mol. The Kier molecular flexibility index (Phi) is 5.29. The molecule has 1 aromatic carbocycles. The lowest BCUT2D eigenvalue weighted by Gasteiger charge is -2.23. The quantitative estimate of drug-likeness (QED) is 0.891. The number of ether oxygens (including phenoxy) is 2. The molecule has 0 spiro atoms. The standard InChI is InChI=1S/C14H20ClNO2/c1-2-16-9-11-5-6-14(13(15)8-11)18-12-4-3-7-17-10-12/h5-6,8,12,16H,2-4,7,9-10H2,1H3. The first-order valence-electron chi connectivity index (χ1n) is 6.53. The zero-order chi connectivity index (χ0) is 12.8. The minimum Gasteiger partial charge on any atom is -0.486 e. The molecule has 0 amide bonds. The lowest BCUT2D eigenvalue weighted by molar-refractivity contribution is 0.00747. The van der Waals surface area contributed by atoms with Crippen LogP contribution in [-0.2, 0) is 11.3 Å². The Bertz CT molecular complexity index is 378. The molecular formula is C14H20ClNO2. The van der Waals surface area contributed by atoms with Crippen molar-refractivity contribution in [3.63, 3.8) is 0 Å². The Labute approximate surface area is 113 Å². The summed E-state index contributed by atoms with van der Waals surface area (Å²) in [6.45, 7) is 5.38. The third-order valence-corrected chi connectivity index (χ3v) is 3.28. The SMILES string of the molecule is CCNCc1ccc(OC2CCCOC2)c(Cl)c1. The number of hydrogen-bond acceptors (Lipinski definition) is 3. The van der Waals surface area contributed by atoms with Crippen molar-refractivity contribution in [2.75, 3.05) is 19.8 Å². The van der Waals surface area contributed by atoms with Crippen molar-refractivity contribution in [2.45, 2.75) is 32.4 Å². The van der Waals surface area contributed by atoms with Crippen LogP contribution in [-0.4, -0.2) is 25.9 Å². The van der Waals surface area contributed by atoms with E-state index in [1.54, 1.807) is 0 Å². The number of hydrogen-bond donors (Lipinski definition) is 1. The summed E-state index contributed by atoms with van der Waals surface area (Å²) < 4.78 is 11.3. The van der Waals surface area contributed by atoms with Crippen molar-refractivity contribution in [3.05, 3.63) is 28.8 Å².